The quantitative estimate of drug-likeness (QED) is 0.701. The van der Waals surface area contributed by atoms with Crippen molar-refractivity contribution in [2.75, 3.05) is 6.61 Å². The van der Waals surface area contributed by atoms with Gasteiger partial charge in [0.15, 0.2) is 0 Å². The van der Waals surface area contributed by atoms with Crippen molar-refractivity contribution in [1.82, 2.24) is 4.98 Å². The van der Waals surface area contributed by atoms with Crippen molar-refractivity contribution in [3.8, 4) is 0 Å². The second kappa shape index (κ2) is 6.85. The van der Waals surface area contributed by atoms with Crippen LogP contribution in [0.1, 0.15) is 32.4 Å². The number of nitrogens with zero attached hydrogens (tertiary/aromatic N) is 1. The highest BCUT2D eigenvalue weighted by Crippen LogP contribution is 2.00. The minimum absolute atomic E-state index is 0.477. The molecule has 1 rings (SSSR count). The van der Waals surface area contributed by atoms with E-state index in [4.69, 9.17) is 9.15 Å². The van der Waals surface area contributed by atoms with Crippen molar-refractivity contribution >= 4 is 0 Å². The Morgan fingerprint density at radius 3 is 2.58 bits per heavy atom. The first-order valence-electron chi connectivity index (χ1n) is 4.31. The Kier molecular flexibility index (Phi) is 6.38. The third-order valence-corrected chi connectivity index (χ3v) is 1.10. The van der Waals surface area contributed by atoms with Crippen LogP contribution in [0.15, 0.2) is 10.7 Å². The van der Waals surface area contributed by atoms with Crippen LogP contribution in [0, 0.1) is 6.92 Å². The lowest BCUT2D eigenvalue weighted by Gasteiger charge is -1.92. The maximum Gasteiger partial charge on any atom is 0.220 e. The molecule has 0 N–H and O–H groups in total. The first-order valence-corrected chi connectivity index (χ1v) is 4.31. The highest BCUT2D eigenvalue weighted by Gasteiger charge is 1.97. The van der Waals surface area contributed by atoms with E-state index in [1.165, 1.54) is 0 Å². The van der Waals surface area contributed by atoms with E-state index >= 15 is 0 Å². The molecule has 0 aliphatic rings. The fraction of sp³-hybridized carbons (Fsp3) is 0.667. The molecule has 0 atom stereocenters. The van der Waals surface area contributed by atoms with Gasteiger partial charge >= 0.3 is 0 Å². The molecule has 0 aliphatic carbocycles. The molecule has 0 fully saturated rings. The van der Waals surface area contributed by atoms with Gasteiger partial charge in [-0.05, 0) is 13.8 Å². The van der Waals surface area contributed by atoms with Crippen LogP contribution in [0.25, 0.3) is 0 Å². The van der Waals surface area contributed by atoms with Gasteiger partial charge in [-0.15, -0.1) is 0 Å². The summed E-state index contributed by atoms with van der Waals surface area (Å²) in [5, 5.41) is 0. The minimum atomic E-state index is 0.477. The number of oxazole rings is 1. The van der Waals surface area contributed by atoms with Gasteiger partial charge in [0.1, 0.15) is 12.9 Å². The van der Waals surface area contributed by atoms with Crippen LogP contribution < -0.4 is 0 Å². The molecule has 1 aromatic rings. The molecule has 3 heteroatoms. The van der Waals surface area contributed by atoms with Gasteiger partial charge in [0, 0.05) is 6.61 Å². The highest BCUT2D eigenvalue weighted by molar-refractivity contribution is 4.91. The second-order valence-corrected chi connectivity index (χ2v) is 2.02. The third kappa shape index (κ3) is 4.13. The van der Waals surface area contributed by atoms with E-state index in [0.717, 1.165) is 5.69 Å². The normalized spacial score (nSPS) is 9.00. The Morgan fingerprint density at radius 2 is 2.17 bits per heavy atom. The predicted molar refractivity (Wildman–Crippen MR) is 47.9 cm³/mol. The van der Waals surface area contributed by atoms with Crippen LogP contribution in [-0.2, 0) is 11.3 Å². The second-order valence-electron chi connectivity index (χ2n) is 2.02. The summed E-state index contributed by atoms with van der Waals surface area (Å²) in [4.78, 5) is 4.06. The summed E-state index contributed by atoms with van der Waals surface area (Å²) in [6, 6.07) is 0. The lowest BCUT2D eigenvalue weighted by molar-refractivity contribution is 0.114. The van der Waals surface area contributed by atoms with Crippen molar-refractivity contribution in [1.29, 1.82) is 0 Å². The summed E-state index contributed by atoms with van der Waals surface area (Å²) in [5.74, 6) is 0.652. The molecule has 0 saturated heterocycles. The van der Waals surface area contributed by atoms with Gasteiger partial charge in [-0.25, -0.2) is 4.98 Å². The maximum atomic E-state index is 5.08. The monoisotopic (exact) mass is 171 g/mol. The minimum Gasteiger partial charge on any atom is -0.446 e. The average Bonchev–Trinajstić information content (AvgIpc) is 2.51. The van der Waals surface area contributed by atoms with Crippen LogP contribution >= 0.6 is 0 Å². The van der Waals surface area contributed by atoms with Crippen molar-refractivity contribution in [2.45, 2.75) is 34.3 Å². The molecule has 0 radical (unpaired) electrons. The lowest BCUT2D eigenvalue weighted by atomic mass is 10.6. The number of aryl methyl sites for hydroxylation is 1. The predicted octanol–water partition coefficient (Wildman–Crippen LogP) is 2.55. The Hall–Kier alpha value is -0.830. The number of hydrogen-bond acceptors (Lipinski definition) is 3. The van der Waals surface area contributed by atoms with Crippen LogP contribution in [-0.4, -0.2) is 11.6 Å². The molecule has 1 aromatic heterocycles. The van der Waals surface area contributed by atoms with E-state index in [0.29, 0.717) is 19.1 Å². The Labute approximate surface area is 73.8 Å². The van der Waals surface area contributed by atoms with Crippen LogP contribution in [0.2, 0.25) is 0 Å². The smallest absolute Gasteiger partial charge is 0.220 e. The van der Waals surface area contributed by atoms with E-state index in [2.05, 4.69) is 4.98 Å². The first-order chi connectivity index (χ1) is 5.83. The maximum absolute atomic E-state index is 5.08. The zero-order chi connectivity index (χ0) is 9.40. The van der Waals surface area contributed by atoms with Crippen molar-refractivity contribution in [2.24, 2.45) is 0 Å². The van der Waals surface area contributed by atoms with Gasteiger partial charge < -0.3 is 9.15 Å². The van der Waals surface area contributed by atoms with Crippen molar-refractivity contribution in [3.63, 3.8) is 0 Å². The first kappa shape index (κ1) is 11.2. The molecule has 0 aliphatic heterocycles. The van der Waals surface area contributed by atoms with Gasteiger partial charge in [-0.3, -0.25) is 0 Å². The number of rotatable bonds is 3. The molecule has 12 heavy (non-hydrogen) atoms. The molecule has 0 saturated carbocycles. The van der Waals surface area contributed by atoms with Crippen molar-refractivity contribution in [3.05, 3.63) is 17.8 Å². The van der Waals surface area contributed by atoms with E-state index in [1.54, 1.807) is 6.26 Å². The fourth-order valence-electron chi connectivity index (χ4n) is 0.658. The average molecular weight is 171 g/mol. The zero-order valence-electron chi connectivity index (χ0n) is 8.26. The Morgan fingerprint density at radius 1 is 1.50 bits per heavy atom. The standard InChI is InChI=1S/C7H11NO2.C2H6/c1-3-9-5-7-8-6(2)4-10-7;1-2/h4H,3,5H2,1-2H3;1-2H3. The SMILES string of the molecule is CC.CCOCc1nc(C)co1. The molecule has 0 spiro atoms. The number of hydrogen-bond donors (Lipinski definition) is 0. The summed E-state index contributed by atoms with van der Waals surface area (Å²) in [6.07, 6.45) is 1.62. The van der Waals surface area contributed by atoms with Crippen LogP contribution in [0.4, 0.5) is 0 Å². The number of ether oxygens (including phenoxy) is 1. The molecule has 0 unspecified atom stereocenters. The molecular weight excluding hydrogens is 154 g/mol. The molecule has 70 valence electrons. The Bertz CT molecular complexity index is 196. The largest absolute Gasteiger partial charge is 0.446 e. The summed E-state index contributed by atoms with van der Waals surface area (Å²) in [7, 11) is 0. The summed E-state index contributed by atoms with van der Waals surface area (Å²) in [6.45, 7) is 9.00. The molecule has 0 aromatic carbocycles. The topological polar surface area (TPSA) is 35.3 Å². The fourth-order valence-corrected chi connectivity index (χ4v) is 0.658. The van der Waals surface area contributed by atoms with Gasteiger partial charge in [-0.1, -0.05) is 13.8 Å². The van der Waals surface area contributed by atoms with Gasteiger partial charge in [0.2, 0.25) is 5.89 Å². The molecular formula is C9H17NO2. The van der Waals surface area contributed by atoms with Crippen LogP contribution in [0.5, 0.6) is 0 Å². The molecule has 0 amide bonds. The summed E-state index contributed by atoms with van der Waals surface area (Å²) < 4.78 is 10.1. The molecule has 0 bridgehead atoms. The summed E-state index contributed by atoms with van der Waals surface area (Å²) >= 11 is 0. The van der Waals surface area contributed by atoms with E-state index in [-0.39, 0.29) is 0 Å². The number of aromatic nitrogens is 1. The van der Waals surface area contributed by atoms with E-state index in [1.807, 2.05) is 27.7 Å². The van der Waals surface area contributed by atoms with E-state index < -0.39 is 0 Å². The van der Waals surface area contributed by atoms with Crippen molar-refractivity contribution < 1.29 is 9.15 Å². The third-order valence-electron chi connectivity index (χ3n) is 1.10. The lowest BCUT2D eigenvalue weighted by Crippen LogP contribution is -1.91. The summed E-state index contributed by atoms with van der Waals surface area (Å²) in [5.41, 5.74) is 0.898. The highest BCUT2D eigenvalue weighted by atomic mass is 16.5. The van der Waals surface area contributed by atoms with E-state index in [9.17, 15) is 0 Å². The molecule has 3 nitrogen and oxygen atoms in total. The van der Waals surface area contributed by atoms with Gasteiger partial charge in [0.05, 0.1) is 5.69 Å². The van der Waals surface area contributed by atoms with Gasteiger partial charge in [0.25, 0.3) is 0 Å². The van der Waals surface area contributed by atoms with Gasteiger partial charge in [-0.2, -0.15) is 0 Å². The zero-order valence-corrected chi connectivity index (χ0v) is 8.26. The Balaban J connectivity index is 0.000000561. The molecule has 1 heterocycles. The van der Waals surface area contributed by atoms with Crippen LogP contribution in [0.3, 0.4) is 0 Å².